The summed E-state index contributed by atoms with van der Waals surface area (Å²) in [6, 6.07) is 5.77. The number of benzene rings is 1. The SMILES string of the molecule is CCCCCNC(=O)c1nnc(-c2cccc(F)c2)o1. The molecule has 6 heteroatoms. The monoisotopic (exact) mass is 277 g/mol. The highest BCUT2D eigenvalue weighted by Crippen LogP contribution is 2.18. The average Bonchev–Trinajstić information content (AvgIpc) is 2.93. The van der Waals surface area contributed by atoms with Crippen molar-refractivity contribution >= 4 is 5.91 Å². The number of nitrogens with one attached hydrogen (secondary N) is 1. The first-order valence-corrected chi connectivity index (χ1v) is 6.58. The zero-order valence-electron chi connectivity index (χ0n) is 11.2. The van der Waals surface area contributed by atoms with Gasteiger partial charge in [-0.1, -0.05) is 25.8 Å². The van der Waals surface area contributed by atoms with Crippen LogP contribution in [0.2, 0.25) is 0 Å². The molecule has 106 valence electrons. The lowest BCUT2D eigenvalue weighted by Gasteiger charge is -2.00. The molecule has 1 aromatic carbocycles. The molecule has 0 radical (unpaired) electrons. The predicted octanol–water partition coefficient (Wildman–Crippen LogP) is 2.80. The minimum absolute atomic E-state index is 0.110. The second-order valence-corrected chi connectivity index (χ2v) is 4.39. The second kappa shape index (κ2) is 6.79. The maximum atomic E-state index is 13.1. The van der Waals surface area contributed by atoms with Gasteiger partial charge in [0, 0.05) is 12.1 Å². The molecular formula is C14H16FN3O2. The quantitative estimate of drug-likeness (QED) is 0.824. The van der Waals surface area contributed by atoms with Crippen LogP contribution in [-0.2, 0) is 0 Å². The van der Waals surface area contributed by atoms with Gasteiger partial charge in [-0.05, 0) is 24.6 Å². The van der Waals surface area contributed by atoms with Crippen LogP contribution in [0, 0.1) is 5.82 Å². The highest BCUT2D eigenvalue weighted by atomic mass is 19.1. The second-order valence-electron chi connectivity index (χ2n) is 4.39. The van der Waals surface area contributed by atoms with Gasteiger partial charge in [-0.3, -0.25) is 4.79 Å². The molecule has 0 aliphatic rings. The first-order chi connectivity index (χ1) is 9.70. The Kier molecular flexibility index (Phi) is 4.81. The summed E-state index contributed by atoms with van der Waals surface area (Å²) >= 11 is 0. The molecule has 2 rings (SSSR count). The van der Waals surface area contributed by atoms with E-state index >= 15 is 0 Å². The molecule has 1 heterocycles. The minimum Gasteiger partial charge on any atom is -0.412 e. The van der Waals surface area contributed by atoms with Gasteiger partial charge in [0.2, 0.25) is 5.89 Å². The molecule has 1 N–H and O–H groups in total. The van der Waals surface area contributed by atoms with E-state index in [0.29, 0.717) is 12.1 Å². The van der Waals surface area contributed by atoms with E-state index in [4.69, 9.17) is 4.42 Å². The van der Waals surface area contributed by atoms with E-state index in [1.165, 1.54) is 12.1 Å². The van der Waals surface area contributed by atoms with Gasteiger partial charge in [0.25, 0.3) is 0 Å². The van der Waals surface area contributed by atoms with Crippen molar-refractivity contribution in [3.05, 3.63) is 36.0 Å². The van der Waals surface area contributed by atoms with Gasteiger partial charge >= 0.3 is 11.8 Å². The summed E-state index contributed by atoms with van der Waals surface area (Å²) < 4.78 is 18.3. The Hall–Kier alpha value is -2.24. The molecule has 0 aliphatic heterocycles. The van der Waals surface area contributed by atoms with Crippen LogP contribution in [0.25, 0.3) is 11.5 Å². The Labute approximate surface area is 116 Å². The van der Waals surface area contributed by atoms with Gasteiger partial charge in [0.05, 0.1) is 0 Å². The van der Waals surface area contributed by atoms with Crippen LogP contribution in [0.3, 0.4) is 0 Å². The third kappa shape index (κ3) is 3.63. The summed E-state index contributed by atoms with van der Waals surface area (Å²) in [7, 11) is 0. The number of aromatic nitrogens is 2. The molecule has 0 fully saturated rings. The predicted molar refractivity (Wildman–Crippen MR) is 71.6 cm³/mol. The fourth-order valence-electron chi connectivity index (χ4n) is 1.71. The zero-order chi connectivity index (χ0) is 14.4. The number of carbonyl (C=O) groups excluding carboxylic acids is 1. The van der Waals surface area contributed by atoms with E-state index in [0.717, 1.165) is 19.3 Å². The van der Waals surface area contributed by atoms with Crippen LogP contribution in [0.15, 0.2) is 28.7 Å². The lowest BCUT2D eigenvalue weighted by molar-refractivity contribution is 0.0919. The smallest absolute Gasteiger partial charge is 0.308 e. The summed E-state index contributed by atoms with van der Waals surface area (Å²) in [6.45, 7) is 2.66. The molecule has 2 aromatic rings. The van der Waals surface area contributed by atoms with Gasteiger partial charge < -0.3 is 9.73 Å². The molecule has 0 saturated heterocycles. The van der Waals surface area contributed by atoms with E-state index in [9.17, 15) is 9.18 Å². The van der Waals surface area contributed by atoms with E-state index in [1.807, 2.05) is 0 Å². The van der Waals surface area contributed by atoms with Gasteiger partial charge in [-0.15, -0.1) is 10.2 Å². The van der Waals surface area contributed by atoms with Crippen molar-refractivity contribution < 1.29 is 13.6 Å². The Bertz CT molecular complexity index is 583. The third-order valence-corrected chi connectivity index (χ3v) is 2.76. The first kappa shape index (κ1) is 14.2. The Morgan fingerprint density at radius 2 is 2.20 bits per heavy atom. The van der Waals surface area contributed by atoms with E-state index in [-0.39, 0.29) is 11.8 Å². The molecular weight excluding hydrogens is 261 g/mol. The number of carbonyl (C=O) groups is 1. The summed E-state index contributed by atoms with van der Waals surface area (Å²) in [5, 5.41) is 10.1. The van der Waals surface area contributed by atoms with Crippen molar-refractivity contribution in [3.63, 3.8) is 0 Å². The Balaban J connectivity index is 2.00. The zero-order valence-corrected chi connectivity index (χ0v) is 11.2. The van der Waals surface area contributed by atoms with E-state index in [2.05, 4.69) is 22.4 Å². The topological polar surface area (TPSA) is 68.0 Å². The lowest BCUT2D eigenvalue weighted by Crippen LogP contribution is -2.24. The van der Waals surface area contributed by atoms with Gasteiger partial charge in [0.1, 0.15) is 5.82 Å². The first-order valence-electron chi connectivity index (χ1n) is 6.58. The van der Waals surface area contributed by atoms with Crippen molar-refractivity contribution in [2.45, 2.75) is 26.2 Å². The van der Waals surface area contributed by atoms with Gasteiger partial charge in [0.15, 0.2) is 0 Å². The largest absolute Gasteiger partial charge is 0.412 e. The summed E-state index contributed by atoms with van der Waals surface area (Å²) in [6.07, 6.45) is 3.05. The van der Waals surface area contributed by atoms with Crippen molar-refractivity contribution in [1.29, 1.82) is 0 Å². The van der Waals surface area contributed by atoms with Crippen LogP contribution in [-0.4, -0.2) is 22.6 Å². The maximum Gasteiger partial charge on any atom is 0.308 e. The van der Waals surface area contributed by atoms with E-state index in [1.54, 1.807) is 12.1 Å². The maximum absolute atomic E-state index is 13.1. The molecule has 0 aliphatic carbocycles. The van der Waals surface area contributed by atoms with Crippen LogP contribution in [0.1, 0.15) is 36.9 Å². The molecule has 0 unspecified atom stereocenters. The van der Waals surface area contributed by atoms with Crippen molar-refractivity contribution in [1.82, 2.24) is 15.5 Å². The number of hydrogen-bond donors (Lipinski definition) is 1. The highest BCUT2D eigenvalue weighted by molar-refractivity contribution is 5.89. The average molecular weight is 277 g/mol. The molecule has 0 saturated carbocycles. The number of rotatable bonds is 6. The fraction of sp³-hybridized carbons (Fsp3) is 0.357. The minimum atomic E-state index is -0.406. The Morgan fingerprint density at radius 1 is 1.35 bits per heavy atom. The molecule has 0 spiro atoms. The third-order valence-electron chi connectivity index (χ3n) is 2.76. The van der Waals surface area contributed by atoms with E-state index < -0.39 is 11.7 Å². The van der Waals surface area contributed by atoms with Crippen LogP contribution < -0.4 is 5.32 Å². The normalized spacial score (nSPS) is 10.5. The molecule has 1 amide bonds. The fourth-order valence-corrected chi connectivity index (χ4v) is 1.71. The molecule has 0 bridgehead atoms. The standard InChI is InChI=1S/C14H16FN3O2/c1-2-3-4-8-16-12(19)14-18-17-13(20-14)10-6-5-7-11(15)9-10/h5-7,9H,2-4,8H2,1H3,(H,16,19). The van der Waals surface area contributed by atoms with Crippen LogP contribution >= 0.6 is 0 Å². The number of amides is 1. The van der Waals surface area contributed by atoms with Crippen LogP contribution in [0.5, 0.6) is 0 Å². The molecule has 20 heavy (non-hydrogen) atoms. The van der Waals surface area contributed by atoms with Gasteiger partial charge in [-0.2, -0.15) is 0 Å². The number of nitrogens with zero attached hydrogens (tertiary/aromatic N) is 2. The summed E-state index contributed by atoms with van der Waals surface area (Å²) in [5.74, 6) is -0.786. The highest BCUT2D eigenvalue weighted by Gasteiger charge is 2.15. The summed E-state index contributed by atoms with van der Waals surface area (Å²) in [5.41, 5.74) is 0.447. The molecule has 5 nitrogen and oxygen atoms in total. The van der Waals surface area contributed by atoms with Crippen LogP contribution in [0.4, 0.5) is 4.39 Å². The lowest BCUT2D eigenvalue weighted by atomic mass is 10.2. The number of halogens is 1. The Morgan fingerprint density at radius 3 is 2.95 bits per heavy atom. The van der Waals surface area contributed by atoms with Gasteiger partial charge in [-0.25, -0.2) is 4.39 Å². The molecule has 0 atom stereocenters. The summed E-state index contributed by atoms with van der Waals surface area (Å²) in [4.78, 5) is 11.7. The number of hydrogen-bond acceptors (Lipinski definition) is 4. The number of unbranched alkanes of at least 4 members (excludes halogenated alkanes) is 2. The molecule has 1 aromatic heterocycles. The van der Waals surface area contributed by atoms with Crippen molar-refractivity contribution in [3.8, 4) is 11.5 Å². The van der Waals surface area contributed by atoms with Crippen molar-refractivity contribution in [2.24, 2.45) is 0 Å². The van der Waals surface area contributed by atoms with Crippen molar-refractivity contribution in [2.75, 3.05) is 6.54 Å².